The molecule has 0 bridgehead atoms. The summed E-state index contributed by atoms with van der Waals surface area (Å²) in [5.74, 6) is -2.68. The van der Waals surface area contributed by atoms with Gasteiger partial charge in [0.05, 0.1) is 6.61 Å². The minimum absolute atomic E-state index is 0.705. The Labute approximate surface area is 74.7 Å². The molecule has 3 atom stereocenters. The van der Waals surface area contributed by atoms with Crippen molar-refractivity contribution in [2.24, 2.45) is 5.73 Å². The first-order chi connectivity index (χ1) is 5.86. The first-order valence-electron chi connectivity index (χ1n) is 3.66. The molecule has 0 aromatic carbocycles. The van der Waals surface area contributed by atoms with Gasteiger partial charge in [-0.3, -0.25) is 0 Å². The molecule has 0 aliphatic carbocycles. The standard InChI is InChI=1S/C6H15NO6/c7-2-6(12,13)5(11)4(10)3(9)1-8/h3-5,8-13H,1-2,7H2/t3-,4-,5+/m1/s1. The van der Waals surface area contributed by atoms with Gasteiger partial charge in [0, 0.05) is 6.54 Å². The van der Waals surface area contributed by atoms with Gasteiger partial charge in [-0.2, -0.15) is 0 Å². The molecular formula is C6H15NO6. The van der Waals surface area contributed by atoms with Gasteiger partial charge in [0.2, 0.25) is 5.79 Å². The third-order valence-electron chi connectivity index (χ3n) is 1.68. The summed E-state index contributed by atoms with van der Waals surface area (Å²) in [7, 11) is 0. The van der Waals surface area contributed by atoms with Crippen LogP contribution in [0.5, 0.6) is 0 Å². The van der Waals surface area contributed by atoms with Gasteiger partial charge < -0.3 is 36.4 Å². The summed E-state index contributed by atoms with van der Waals surface area (Å²) in [6.45, 7) is -1.51. The molecule has 0 amide bonds. The fourth-order valence-electron chi connectivity index (χ4n) is 0.713. The van der Waals surface area contributed by atoms with Gasteiger partial charge in [-0.1, -0.05) is 0 Å². The lowest BCUT2D eigenvalue weighted by Gasteiger charge is -2.31. The zero-order chi connectivity index (χ0) is 10.6. The molecule has 0 saturated carbocycles. The lowest BCUT2D eigenvalue weighted by molar-refractivity contribution is -0.251. The molecule has 7 nitrogen and oxygen atoms in total. The van der Waals surface area contributed by atoms with Crippen LogP contribution in [0.1, 0.15) is 0 Å². The quantitative estimate of drug-likeness (QED) is 0.220. The smallest absolute Gasteiger partial charge is 0.204 e. The fraction of sp³-hybridized carbons (Fsp3) is 1.00. The van der Waals surface area contributed by atoms with E-state index < -0.39 is 37.3 Å². The second-order valence-corrected chi connectivity index (χ2v) is 2.77. The van der Waals surface area contributed by atoms with Crippen molar-refractivity contribution < 1.29 is 30.6 Å². The molecule has 0 fully saturated rings. The van der Waals surface area contributed by atoms with Gasteiger partial charge in [-0.15, -0.1) is 0 Å². The molecular weight excluding hydrogens is 182 g/mol. The Hall–Kier alpha value is -0.280. The Bertz CT molecular complexity index is 152. The number of nitrogens with two attached hydrogens (primary N) is 1. The largest absolute Gasteiger partial charge is 0.394 e. The molecule has 0 saturated heterocycles. The lowest BCUT2D eigenvalue weighted by Crippen LogP contribution is -2.57. The van der Waals surface area contributed by atoms with E-state index in [0.29, 0.717) is 0 Å². The van der Waals surface area contributed by atoms with E-state index in [1.165, 1.54) is 0 Å². The molecule has 0 aromatic rings. The van der Waals surface area contributed by atoms with Crippen LogP contribution >= 0.6 is 0 Å². The predicted molar refractivity (Wildman–Crippen MR) is 41.3 cm³/mol. The molecule has 0 heterocycles. The fourth-order valence-corrected chi connectivity index (χ4v) is 0.713. The zero-order valence-electron chi connectivity index (χ0n) is 6.91. The van der Waals surface area contributed by atoms with E-state index in [9.17, 15) is 0 Å². The average molecular weight is 197 g/mol. The van der Waals surface area contributed by atoms with E-state index in [1.807, 2.05) is 0 Å². The van der Waals surface area contributed by atoms with Crippen LogP contribution in [0.25, 0.3) is 0 Å². The van der Waals surface area contributed by atoms with E-state index >= 15 is 0 Å². The summed E-state index contributed by atoms with van der Waals surface area (Å²) >= 11 is 0. The van der Waals surface area contributed by atoms with Crippen LogP contribution in [0.3, 0.4) is 0 Å². The van der Waals surface area contributed by atoms with E-state index in [2.05, 4.69) is 0 Å². The van der Waals surface area contributed by atoms with Gasteiger partial charge >= 0.3 is 0 Å². The topological polar surface area (TPSA) is 147 Å². The van der Waals surface area contributed by atoms with Crippen LogP contribution in [-0.2, 0) is 0 Å². The first-order valence-corrected chi connectivity index (χ1v) is 3.66. The Morgan fingerprint density at radius 2 is 1.62 bits per heavy atom. The Morgan fingerprint density at radius 1 is 1.15 bits per heavy atom. The average Bonchev–Trinajstić information content (AvgIpc) is 2.14. The van der Waals surface area contributed by atoms with Crippen molar-refractivity contribution in [2.75, 3.05) is 13.2 Å². The van der Waals surface area contributed by atoms with Crippen molar-refractivity contribution in [1.82, 2.24) is 0 Å². The highest BCUT2D eigenvalue weighted by Gasteiger charge is 2.39. The van der Waals surface area contributed by atoms with E-state index in [-0.39, 0.29) is 0 Å². The minimum Gasteiger partial charge on any atom is -0.394 e. The highest BCUT2D eigenvalue weighted by molar-refractivity contribution is 4.85. The molecule has 0 aromatic heterocycles. The van der Waals surface area contributed by atoms with Crippen LogP contribution in [0, 0.1) is 0 Å². The molecule has 0 unspecified atom stereocenters. The van der Waals surface area contributed by atoms with Crippen molar-refractivity contribution in [3.8, 4) is 0 Å². The number of hydrogen-bond donors (Lipinski definition) is 7. The molecule has 0 spiro atoms. The van der Waals surface area contributed by atoms with Crippen molar-refractivity contribution in [1.29, 1.82) is 0 Å². The minimum atomic E-state index is -2.68. The highest BCUT2D eigenvalue weighted by atomic mass is 16.5. The highest BCUT2D eigenvalue weighted by Crippen LogP contribution is 2.11. The maximum absolute atomic E-state index is 9.05. The van der Waals surface area contributed by atoms with Gasteiger partial charge in [0.25, 0.3) is 0 Å². The number of aliphatic hydroxyl groups is 6. The SMILES string of the molecule is NCC(O)(O)[C@@H](O)[C@H](O)[C@H](O)CO. The summed E-state index contributed by atoms with van der Waals surface area (Å²) in [4.78, 5) is 0. The third-order valence-corrected chi connectivity index (χ3v) is 1.68. The Morgan fingerprint density at radius 3 is 1.92 bits per heavy atom. The van der Waals surface area contributed by atoms with Crippen LogP contribution in [0.2, 0.25) is 0 Å². The molecule has 0 radical (unpaired) electrons. The van der Waals surface area contributed by atoms with E-state index in [1.54, 1.807) is 0 Å². The number of rotatable bonds is 5. The van der Waals surface area contributed by atoms with Crippen LogP contribution < -0.4 is 5.73 Å². The second-order valence-electron chi connectivity index (χ2n) is 2.77. The molecule has 7 heteroatoms. The maximum Gasteiger partial charge on any atom is 0.204 e. The monoisotopic (exact) mass is 197 g/mol. The van der Waals surface area contributed by atoms with Crippen LogP contribution in [-0.4, -0.2) is 67.9 Å². The summed E-state index contributed by atoms with van der Waals surface area (Å²) in [6, 6.07) is 0. The summed E-state index contributed by atoms with van der Waals surface area (Å²) in [5, 5.41) is 53.1. The van der Waals surface area contributed by atoms with Crippen molar-refractivity contribution in [3.05, 3.63) is 0 Å². The molecule has 0 aliphatic rings. The molecule has 80 valence electrons. The molecule has 0 rings (SSSR count). The van der Waals surface area contributed by atoms with E-state index in [0.717, 1.165) is 0 Å². The maximum atomic E-state index is 9.05. The summed E-state index contributed by atoms with van der Waals surface area (Å²) < 4.78 is 0. The van der Waals surface area contributed by atoms with Gasteiger partial charge in [-0.25, -0.2) is 0 Å². The Balaban J connectivity index is 4.32. The van der Waals surface area contributed by atoms with Crippen LogP contribution in [0.15, 0.2) is 0 Å². The predicted octanol–water partition coefficient (Wildman–Crippen LogP) is -4.30. The zero-order valence-corrected chi connectivity index (χ0v) is 6.91. The van der Waals surface area contributed by atoms with Crippen LogP contribution in [0.4, 0.5) is 0 Å². The Kier molecular flexibility index (Phi) is 4.71. The first kappa shape index (κ1) is 12.7. The summed E-state index contributed by atoms with van der Waals surface area (Å²) in [6.07, 6.45) is -5.57. The lowest BCUT2D eigenvalue weighted by atomic mass is 10.0. The normalized spacial score (nSPS) is 19.6. The molecule has 13 heavy (non-hydrogen) atoms. The summed E-state index contributed by atoms with van der Waals surface area (Å²) in [5.41, 5.74) is 4.87. The molecule has 0 aliphatic heterocycles. The van der Waals surface area contributed by atoms with Crippen molar-refractivity contribution >= 4 is 0 Å². The van der Waals surface area contributed by atoms with Crippen molar-refractivity contribution in [2.45, 2.75) is 24.1 Å². The second kappa shape index (κ2) is 4.82. The van der Waals surface area contributed by atoms with Gasteiger partial charge in [0.1, 0.15) is 18.3 Å². The molecule has 8 N–H and O–H groups in total. The van der Waals surface area contributed by atoms with Gasteiger partial charge in [-0.05, 0) is 0 Å². The van der Waals surface area contributed by atoms with Crippen molar-refractivity contribution in [3.63, 3.8) is 0 Å². The third kappa shape index (κ3) is 3.16. The number of aliphatic hydroxyl groups excluding tert-OH is 4. The van der Waals surface area contributed by atoms with E-state index in [4.69, 9.17) is 36.4 Å². The van der Waals surface area contributed by atoms with Gasteiger partial charge in [0.15, 0.2) is 0 Å². The number of hydrogen-bond acceptors (Lipinski definition) is 7.